The van der Waals surface area contributed by atoms with E-state index in [0.717, 1.165) is 17.7 Å². The van der Waals surface area contributed by atoms with Crippen LogP contribution in [0.2, 0.25) is 0 Å². The zero-order chi connectivity index (χ0) is 32.0. The van der Waals surface area contributed by atoms with Crippen LogP contribution in [0.1, 0.15) is 54.4 Å². The normalized spacial score (nSPS) is 11.4. The van der Waals surface area contributed by atoms with Gasteiger partial charge in [-0.25, -0.2) is 0 Å². The van der Waals surface area contributed by atoms with Crippen LogP contribution in [0.5, 0.6) is 0 Å². The Balaban J connectivity index is 1.35. The summed E-state index contributed by atoms with van der Waals surface area (Å²) in [5, 5.41) is 15.4. The van der Waals surface area contributed by atoms with Crippen LogP contribution in [0, 0.1) is 5.41 Å². The highest BCUT2D eigenvalue weighted by atomic mass is 19.4. The first-order valence-corrected chi connectivity index (χ1v) is 13.3. The minimum absolute atomic E-state index is 0.0359. The number of nitrogens with two attached hydrogens (primary N) is 1. The molecular weight excluding hydrogens is 575 g/mol. The molecular formula is C31H30F3N7O3. The number of aryl methyl sites for hydroxylation is 2. The molecule has 4 aromatic rings. The summed E-state index contributed by atoms with van der Waals surface area (Å²) in [6.07, 6.45) is 2.41. The number of amidine groups is 1. The summed E-state index contributed by atoms with van der Waals surface area (Å²) in [6.45, 7) is 0.214. The third kappa shape index (κ3) is 8.03. The maximum absolute atomic E-state index is 13.0. The molecule has 2 aromatic heterocycles. The molecule has 0 unspecified atom stereocenters. The van der Waals surface area contributed by atoms with Crippen molar-refractivity contribution in [3.05, 3.63) is 107 Å². The molecule has 0 atom stereocenters. The van der Waals surface area contributed by atoms with Gasteiger partial charge in [-0.3, -0.25) is 19.8 Å². The summed E-state index contributed by atoms with van der Waals surface area (Å²) >= 11 is 0. The molecule has 0 spiro atoms. The van der Waals surface area contributed by atoms with E-state index in [2.05, 4.69) is 16.0 Å². The molecule has 4 rings (SSSR count). The van der Waals surface area contributed by atoms with E-state index in [1.54, 1.807) is 72.0 Å². The van der Waals surface area contributed by atoms with E-state index in [4.69, 9.17) is 11.1 Å². The van der Waals surface area contributed by atoms with E-state index in [0.29, 0.717) is 28.2 Å². The lowest BCUT2D eigenvalue weighted by atomic mass is 10.1. The Hall–Kier alpha value is -5.59. The summed E-state index contributed by atoms with van der Waals surface area (Å²) in [6, 6.07) is 14.5. The molecule has 6 N–H and O–H groups in total. The van der Waals surface area contributed by atoms with Gasteiger partial charge in [0.2, 0.25) is 0 Å². The van der Waals surface area contributed by atoms with Crippen molar-refractivity contribution >= 4 is 47.1 Å². The molecule has 0 aliphatic rings. The SMILES string of the molecule is Cn1cc(NC(=O)c2cc(NC(=O)c3ccc(/C=C/c4ccc(C(F)(F)F)cc4)cc3)cn2C)cc1C(=O)NCCC(=N)N. The minimum Gasteiger partial charge on any atom is -0.388 e. The molecule has 0 radical (unpaired) electrons. The van der Waals surface area contributed by atoms with Gasteiger partial charge in [-0.1, -0.05) is 36.4 Å². The third-order valence-electron chi connectivity index (χ3n) is 6.55. The van der Waals surface area contributed by atoms with Crippen LogP contribution in [-0.4, -0.2) is 39.2 Å². The summed E-state index contributed by atoms with van der Waals surface area (Å²) < 4.78 is 41.3. The van der Waals surface area contributed by atoms with Crippen molar-refractivity contribution < 1.29 is 27.6 Å². The number of benzene rings is 2. The minimum atomic E-state index is -4.39. The van der Waals surface area contributed by atoms with Gasteiger partial charge in [0, 0.05) is 45.0 Å². The lowest BCUT2D eigenvalue weighted by molar-refractivity contribution is -0.137. The van der Waals surface area contributed by atoms with Crippen molar-refractivity contribution in [3.8, 4) is 0 Å². The molecule has 10 nitrogen and oxygen atoms in total. The number of alkyl halides is 3. The van der Waals surface area contributed by atoms with Gasteiger partial charge in [0.1, 0.15) is 11.4 Å². The molecule has 0 fully saturated rings. The van der Waals surface area contributed by atoms with Crippen molar-refractivity contribution in [1.29, 1.82) is 5.41 Å². The smallest absolute Gasteiger partial charge is 0.388 e. The number of aromatic nitrogens is 2. The van der Waals surface area contributed by atoms with Crippen molar-refractivity contribution in [2.24, 2.45) is 19.8 Å². The van der Waals surface area contributed by atoms with Crippen LogP contribution in [-0.2, 0) is 20.3 Å². The fraction of sp³-hybridized carbons (Fsp3) is 0.161. The first kappa shape index (κ1) is 31.3. The molecule has 2 aromatic carbocycles. The lowest BCUT2D eigenvalue weighted by Crippen LogP contribution is -2.28. The first-order valence-electron chi connectivity index (χ1n) is 13.3. The van der Waals surface area contributed by atoms with Gasteiger partial charge >= 0.3 is 6.18 Å². The third-order valence-corrected chi connectivity index (χ3v) is 6.55. The molecule has 44 heavy (non-hydrogen) atoms. The van der Waals surface area contributed by atoms with E-state index >= 15 is 0 Å². The number of nitrogens with one attached hydrogen (secondary N) is 4. The van der Waals surface area contributed by atoms with Gasteiger partial charge in [0.05, 0.1) is 22.8 Å². The predicted octanol–water partition coefficient (Wildman–Crippen LogP) is 5.11. The zero-order valence-corrected chi connectivity index (χ0v) is 23.8. The van der Waals surface area contributed by atoms with Crippen LogP contribution in [0.3, 0.4) is 0 Å². The summed E-state index contributed by atoms with van der Waals surface area (Å²) in [4.78, 5) is 38.2. The highest BCUT2D eigenvalue weighted by Gasteiger charge is 2.29. The zero-order valence-electron chi connectivity index (χ0n) is 23.8. The van der Waals surface area contributed by atoms with Crippen molar-refractivity contribution in [3.63, 3.8) is 0 Å². The predicted molar refractivity (Wildman–Crippen MR) is 162 cm³/mol. The number of hydrogen-bond donors (Lipinski definition) is 5. The maximum atomic E-state index is 13.0. The van der Waals surface area contributed by atoms with Crippen molar-refractivity contribution in [1.82, 2.24) is 14.5 Å². The van der Waals surface area contributed by atoms with Crippen LogP contribution in [0.25, 0.3) is 12.2 Å². The number of rotatable bonds is 10. The second-order valence-electron chi connectivity index (χ2n) is 9.96. The highest BCUT2D eigenvalue weighted by molar-refractivity contribution is 6.07. The second kappa shape index (κ2) is 13.2. The highest BCUT2D eigenvalue weighted by Crippen LogP contribution is 2.29. The van der Waals surface area contributed by atoms with E-state index in [1.807, 2.05) is 0 Å². The molecule has 0 aliphatic heterocycles. The summed E-state index contributed by atoms with van der Waals surface area (Å²) in [5.41, 5.74) is 7.67. The van der Waals surface area contributed by atoms with E-state index in [-0.39, 0.29) is 30.4 Å². The number of carbonyl (C=O) groups is 3. The number of carbonyl (C=O) groups excluding carboxylic acids is 3. The Bertz CT molecular complexity index is 1720. The Labute approximate surface area is 250 Å². The second-order valence-corrected chi connectivity index (χ2v) is 9.96. The van der Waals surface area contributed by atoms with E-state index in [9.17, 15) is 27.6 Å². The van der Waals surface area contributed by atoms with Gasteiger partial charge in [-0.05, 0) is 47.5 Å². The summed E-state index contributed by atoms with van der Waals surface area (Å²) in [7, 11) is 3.31. The van der Waals surface area contributed by atoms with Crippen molar-refractivity contribution in [2.45, 2.75) is 12.6 Å². The first-order chi connectivity index (χ1) is 20.8. The van der Waals surface area contributed by atoms with E-state index in [1.165, 1.54) is 24.3 Å². The lowest BCUT2D eigenvalue weighted by Gasteiger charge is -2.06. The van der Waals surface area contributed by atoms with Crippen molar-refractivity contribution in [2.75, 3.05) is 17.2 Å². The molecule has 3 amide bonds. The Morgan fingerprint density at radius 2 is 1.27 bits per heavy atom. The molecule has 0 aliphatic carbocycles. The average molecular weight is 606 g/mol. The molecule has 2 heterocycles. The topological polar surface area (TPSA) is 147 Å². The standard InChI is InChI=1S/C31H30F3N7O3/c1-40-18-24(15-25(40)29(43)37-14-13-27(35)36)39-30(44)26-16-23(17-41(26)2)38-28(42)21-9-5-19(6-10-21)3-4-20-7-11-22(12-8-20)31(32,33)34/h3-12,15-18H,13-14H2,1-2H3,(H3,35,36)(H,37,43)(H,38,42)(H,39,44)/b4-3+. The molecule has 228 valence electrons. The van der Waals surface area contributed by atoms with Gasteiger partial charge < -0.3 is 30.8 Å². The Kier molecular flexibility index (Phi) is 9.37. The Morgan fingerprint density at radius 3 is 1.77 bits per heavy atom. The fourth-order valence-corrected chi connectivity index (χ4v) is 4.24. The number of nitrogens with zero attached hydrogens (tertiary/aromatic N) is 2. The fourth-order valence-electron chi connectivity index (χ4n) is 4.24. The number of hydrogen-bond acceptors (Lipinski definition) is 4. The molecule has 0 saturated heterocycles. The monoisotopic (exact) mass is 605 g/mol. The van der Waals surface area contributed by atoms with Gasteiger partial charge in [-0.2, -0.15) is 13.2 Å². The Morgan fingerprint density at radius 1 is 0.795 bits per heavy atom. The quantitative estimate of drug-likeness (QED) is 0.0971. The van der Waals surface area contributed by atoms with Gasteiger partial charge in [-0.15, -0.1) is 0 Å². The average Bonchev–Trinajstić information content (AvgIpc) is 3.52. The number of anilines is 2. The summed E-state index contributed by atoms with van der Waals surface area (Å²) in [5.74, 6) is -1.26. The van der Waals surface area contributed by atoms with Gasteiger partial charge in [0.25, 0.3) is 17.7 Å². The number of amides is 3. The van der Waals surface area contributed by atoms with Crippen LogP contribution in [0.15, 0.2) is 73.1 Å². The molecule has 0 saturated carbocycles. The number of halogens is 3. The van der Waals surface area contributed by atoms with Gasteiger partial charge in [0.15, 0.2) is 0 Å². The van der Waals surface area contributed by atoms with Crippen LogP contribution >= 0.6 is 0 Å². The molecule has 0 bridgehead atoms. The van der Waals surface area contributed by atoms with Crippen LogP contribution in [0.4, 0.5) is 24.5 Å². The molecule has 13 heteroatoms. The maximum Gasteiger partial charge on any atom is 0.416 e. The largest absolute Gasteiger partial charge is 0.416 e. The van der Waals surface area contributed by atoms with E-state index < -0.39 is 23.6 Å². The van der Waals surface area contributed by atoms with Crippen LogP contribution < -0.4 is 21.7 Å².